The molecule has 0 aromatic heterocycles. The van der Waals surface area contributed by atoms with Gasteiger partial charge in [0.2, 0.25) is 0 Å². The molecule has 0 aliphatic carbocycles. The zero-order chi connectivity index (χ0) is 14.7. The lowest BCUT2D eigenvalue weighted by atomic mass is 9.94. The van der Waals surface area contributed by atoms with Gasteiger partial charge in [0.15, 0.2) is 0 Å². The van der Waals surface area contributed by atoms with Crippen molar-refractivity contribution in [1.29, 1.82) is 0 Å². The highest BCUT2D eigenvalue weighted by atomic mass is 16.3. The lowest BCUT2D eigenvalue weighted by molar-refractivity contribution is 0.179. The summed E-state index contributed by atoms with van der Waals surface area (Å²) in [7, 11) is 0. The second-order valence-corrected chi connectivity index (χ2v) is 5.22. The molecule has 1 atom stereocenters. The van der Waals surface area contributed by atoms with Crippen LogP contribution in [0.5, 0.6) is 0 Å². The monoisotopic (exact) mass is 278 g/mol. The SMILES string of the molecule is OCc1ccccc1C[C@@H](O)c1cccc2ccccc12. The number of hydrogen-bond donors (Lipinski definition) is 2. The van der Waals surface area contributed by atoms with Gasteiger partial charge in [-0.05, 0) is 27.5 Å². The van der Waals surface area contributed by atoms with Crippen molar-refractivity contribution in [3.05, 3.63) is 83.4 Å². The Hall–Kier alpha value is -2.16. The van der Waals surface area contributed by atoms with Gasteiger partial charge >= 0.3 is 0 Å². The van der Waals surface area contributed by atoms with E-state index in [4.69, 9.17) is 0 Å². The Balaban J connectivity index is 1.96. The summed E-state index contributed by atoms with van der Waals surface area (Å²) in [4.78, 5) is 0. The molecule has 2 nitrogen and oxygen atoms in total. The highest BCUT2D eigenvalue weighted by molar-refractivity contribution is 5.86. The number of aliphatic hydroxyl groups excluding tert-OH is 2. The summed E-state index contributed by atoms with van der Waals surface area (Å²) >= 11 is 0. The van der Waals surface area contributed by atoms with Crippen molar-refractivity contribution >= 4 is 10.8 Å². The van der Waals surface area contributed by atoms with Gasteiger partial charge in [0.25, 0.3) is 0 Å². The highest BCUT2D eigenvalue weighted by Crippen LogP contribution is 2.27. The van der Waals surface area contributed by atoms with Crippen LogP contribution in [0.25, 0.3) is 10.8 Å². The zero-order valence-corrected chi connectivity index (χ0v) is 11.7. The van der Waals surface area contributed by atoms with Crippen LogP contribution >= 0.6 is 0 Å². The van der Waals surface area contributed by atoms with Gasteiger partial charge in [-0.2, -0.15) is 0 Å². The Labute approximate surface area is 124 Å². The molecule has 0 amide bonds. The predicted octanol–water partition coefficient (Wildman–Crippen LogP) is 3.61. The maximum Gasteiger partial charge on any atom is 0.0836 e. The van der Waals surface area contributed by atoms with E-state index in [1.54, 1.807) is 0 Å². The van der Waals surface area contributed by atoms with Gasteiger partial charge in [-0.3, -0.25) is 0 Å². The number of benzene rings is 3. The first-order valence-corrected chi connectivity index (χ1v) is 7.13. The lowest BCUT2D eigenvalue weighted by Gasteiger charge is -2.15. The van der Waals surface area contributed by atoms with Crippen molar-refractivity contribution in [2.45, 2.75) is 19.1 Å². The normalized spacial score (nSPS) is 12.5. The summed E-state index contributed by atoms with van der Waals surface area (Å²) in [6.07, 6.45) is -0.0751. The fraction of sp³-hybridized carbons (Fsp3) is 0.158. The predicted molar refractivity (Wildman–Crippen MR) is 85.0 cm³/mol. The van der Waals surface area contributed by atoms with Crippen LogP contribution in [0.15, 0.2) is 66.7 Å². The number of rotatable bonds is 4. The van der Waals surface area contributed by atoms with E-state index >= 15 is 0 Å². The molecule has 0 radical (unpaired) electrons. The first-order valence-electron chi connectivity index (χ1n) is 7.13. The molecule has 106 valence electrons. The third-order valence-electron chi connectivity index (χ3n) is 3.88. The van der Waals surface area contributed by atoms with Crippen LogP contribution in [-0.2, 0) is 13.0 Å². The second kappa shape index (κ2) is 6.08. The summed E-state index contributed by atoms with van der Waals surface area (Å²) in [5.74, 6) is 0. The minimum Gasteiger partial charge on any atom is -0.392 e. The Kier molecular flexibility index (Phi) is 4.00. The minimum absolute atomic E-state index is 0.00156. The largest absolute Gasteiger partial charge is 0.392 e. The van der Waals surface area contributed by atoms with Gasteiger partial charge in [-0.25, -0.2) is 0 Å². The van der Waals surface area contributed by atoms with E-state index in [1.807, 2.05) is 66.7 Å². The molecule has 2 heteroatoms. The van der Waals surface area contributed by atoms with Gasteiger partial charge in [0, 0.05) is 6.42 Å². The molecule has 0 bridgehead atoms. The van der Waals surface area contributed by atoms with Crippen molar-refractivity contribution in [3.63, 3.8) is 0 Å². The number of fused-ring (bicyclic) bond motifs is 1. The summed E-state index contributed by atoms with van der Waals surface area (Å²) < 4.78 is 0. The molecule has 0 fully saturated rings. The highest BCUT2D eigenvalue weighted by Gasteiger charge is 2.13. The first kappa shape index (κ1) is 13.8. The van der Waals surface area contributed by atoms with Crippen LogP contribution in [0.1, 0.15) is 22.8 Å². The molecule has 0 unspecified atom stereocenters. The standard InChI is InChI=1S/C19H18O2/c20-13-16-8-2-1-7-15(16)12-19(21)18-11-5-9-14-6-3-4-10-17(14)18/h1-11,19-21H,12-13H2/t19-/m1/s1. The lowest BCUT2D eigenvalue weighted by Crippen LogP contribution is -2.05. The van der Waals surface area contributed by atoms with Crippen molar-refractivity contribution in [3.8, 4) is 0 Å². The molecular weight excluding hydrogens is 260 g/mol. The molecule has 3 aromatic rings. The Morgan fingerprint density at radius 1 is 0.762 bits per heavy atom. The molecule has 2 N–H and O–H groups in total. The van der Waals surface area contributed by atoms with Crippen LogP contribution < -0.4 is 0 Å². The van der Waals surface area contributed by atoms with Crippen LogP contribution in [0.3, 0.4) is 0 Å². The smallest absolute Gasteiger partial charge is 0.0836 e. The molecule has 3 rings (SSSR count). The van der Waals surface area contributed by atoms with Crippen molar-refractivity contribution in [2.24, 2.45) is 0 Å². The summed E-state index contributed by atoms with van der Waals surface area (Å²) in [6, 6.07) is 21.7. The number of hydrogen-bond acceptors (Lipinski definition) is 2. The van der Waals surface area contributed by atoms with E-state index in [1.165, 1.54) is 0 Å². The van der Waals surface area contributed by atoms with E-state index in [0.717, 1.165) is 27.5 Å². The summed E-state index contributed by atoms with van der Waals surface area (Å²) in [6.45, 7) is -0.00156. The second-order valence-electron chi connectivity index (χ2n) is 5.22. The van der Waals surface area contributed by atoms with Crippen LogP contribution in [0.4, 0.5) is 0 Å². The molecule has 0 heterocycles. The van der Waals surface area contributed by atoms with Gasteiger partial charge in [0.1, 0.15) is 0 Å². The van der Waals surface area contributed by atoms with Crippen molar-refractivity contribution < 1.29 is 10.2 Å². The fourth-order valence-corrected chi connectivity index (χ4v) is 2.77. The van der Waals surface area contributed by atoms with E-state index in [2.05, 4.69) is 0 Å². The van der Waals surface area contributed by atoms with E-state index in [9.17, 15) is 10.2 Å². The Morgan fingerprint density at radius 2 is 1.43 bits per heavy atom. The van der Waals surface area contributed by atoms with E-state index in [0.29, 0.717) is 6.42 Å². The maximum atomic E-state index is 10.6. The van der Waals surface area contributed by atoms with Gasteiger partial charge in [-0.15, -0.1) is 0 Å². The molecular formula is C19H18O2. The fourth-order valence-electron chi connectivity index (χ4n) is 2.77. The summed E-state index contributed by atoms with van der Waals surface area (Å²) in [5.41, 5.74) is 2.79. The molecule has 0 spiro atoms. The van der Waals surface area contributed by atoms with Gasteiger partial charge in [-0.1, -0.05) is 66.7 Å². The third kappa shape index (κ3) is 2.82. The van der Waals surface area contributed by atoms with Crippen LogP contribution in [-0.4, -0.2) is 10.2 Å². The van der Waals surface area contributed by atoms with Crippen molar-refractivity contribution in [2.75, 3.05) is 0 Å². The average Bonchev–Trinajstić information content (AvgIpc) is 2.54. The zero-order valence-electron chi connectivity index (χ0n) is 11.7. The first-order chi connectivity index (χ1) is 10.3. The molecule has 3 aromatic carbocycles. The summed E-state index contributed by atoms with van der Waals surface area (Å²) in [5, 5.41) is 22.2. The third-order valence-corrected chi connectivity index (χ3v) is 3.88. The van der Waals surface area contributed by atoms with E-state index < -0.39 is 6.10 Å². The van der Waals surface area contributed by atoms with Crippen molar-refractivity contribution in [1.82, 2.24) is 0 Å². The minimum atomic E-state index is -0.580. The average molecular weight is 278 g/mol. The maximum absolute atomic E-state index is 10.6. The van der Waals surface area contributed by atoms with Gasteiger partial charge < -0.3 is 10.2 Å². The molecule has 0 saturated heterocycles. The Bertz CT molecular complexity index is 744. The van der Waals surface area contributed by atoms with Crippen LogP contribution in [0.2, 0.25) is 0 Å². The Morgan fingerprint density at radius 3 is 2.24 bits per heavy atom. The molecule has 0 aliphatic rings. The van der Waals surface area contributed by atoms with Crippen LogP contribution in [0, 0.1) is 0 Å². The number of aliphatic hydroxyl groups is 2. The molecule has 0 saturated carbocycles. The van der Waals surface area contributed by atoms with Gasteiger partial charge in [0.05, 0.1) is 12.7 Å². The quantitative estimate of drug-likeness (QED) is 0.765. The topological polar surface area (TPSA) is 40.5 Å². The molecule has 0 aliphatic heterocycles. The molecule has 21 heavy (non-hydrogen) atoms. The van der Waals surface area contributed by atoms with E-state index in [-0.39, 0.29) is 6.61 Å².